The Morgan fingerprint density at radius 3 is 2.88 bits per heavy atom. The molecule has 0 bridgehead atoms. The number of likely N-dealkylation sites (tertiary alicyclic amines) is 1. The molecule has 2 heterocycles. The van der Waals surface area contributed by atoms with Crippen LogP contribution in [0.2, 0.25) is 0 Å². The third kappa shape index (κ3) is 2.62. The second-order valence-corrected chi connectivity index (χ2v) is 4.88. The van der Waals surface area contributed by atoms with Crippen molar-refractivity contribution in [2.75, 3.05) is 20.1 Å². The molecule has 1 aromatic heterocycles. The zero-order valence-corrected chi connectivity index (χ0v) is 10.5. The monoisotopic (exact) mass is 222 g/mol. The zero-order chi connectivity index (χ0) is 11.5. The molecule has 2 atom stereocenters. The van der Waals surface area contributed by atoms with Crippen LogP contribution in [0.3, 0.4) is 0 Å². The summed E-state index contributed by atoms with van der Waals surface area (Å²) >= 11 is 0. The van der Waals surface area contributed by atoms with E-state index >= 15 is 0 Å². The second kappa shape index (κ2) is 4.97. The summed E-state index contributed by atoms with van der Waals surface area (Å²) in [6.45, 7) is 4.48. The highest BCUT2D eigenvalue weighted by Crippen LogP contribution is 2.14. The summed E-state index contributed by atoms with van der Waals surface area (Å²) in [7, 11) is 4.25. The van der Waals surface area contributed by atoms with Gasteiger partial charge in [0.2, 0.25) is 0 Å². The molecule has 0 aromatic carbocycles. The summed E-state index contributed by atoms with van der Waals surface area (Å²) in [6.07, 6.45) is 6.14. The summed E-state index contributed by atoms with van der Waals surface area (Å²) < 4.78 is 2.09. The Kier molecular flexibility index (Phi) is 3.61. The van der Waals surface area contributed by atoms with E-state index in [4.69, 9.17) is 0 Å². The highest BCUT2D eigenvalue weighted by atomic mass is 15.2. The minimum absolute atomic E-state index is 0.653. The van der Waals surface area contributed by atoms with Crippen LogP contribution in [0, 0.1) is 0 Å². The second-order valence-electron chi connectivity index (χ2n) is 4.88. The van der Waals surface area contributed by atoms with Crippen LogP contribution in [-0.2, 0) is 13.5 Å². The number of hydrogen-bond donors (Lipinski definition) is 1. The Hall–Kier alpha value is -0.870. The van der Waals surface area contributed by atoms with Crippen molar-refractivity contribution in [3.63, 3.8) is 0 Å². The number of nitrogens with one attached hydrogen (secondary N) is 1. The van der Waals surface area contributed by atoms with Crippen LogP contribution in [0.5, 0.6) is 0 Å². The lowest BCUT2D eigenvalue weighted by Gasteiger charge is -2.13. The minimum Gasteiger partial charge on any atom is -0.338 e. The van der Waals surface area contributed by atoms with Gasteiger partial charge in [0, 0.05) is 51.0 Å². The quantitative estimate of drug-likeness (QED) is 0.812. The summed E-state index contributed by atoms with van der Waals surface area (Å²) in [4.78, 5) is 6.74. The Morgan fingerprint density at radius 2 is 2.31 bits per heavy atom. The molecule has 1 N–H and O–H groups in total. The van der Waals surface area contributed by atoms with Crippen LogP contribution in [0.4, 0.5) is 0 Å². The molecule has 2 unspecified atom stereocenters. The van der Waals surface area contributed by atoms with E-state index in [-0.39, 0.29) is 0 Å². The number of nitrogens with zero attached hydrogens (tertiary/aromatic N) is 3. The predicted molar refractivity (Wildman–Crippen MR) is 65.4 cm³/mol. The van der Waals surface area contributed by atoms with Gasteiger partial charge in [-0.25, -0.2) is 4.98 Å². The van der Waals surface area contributed by atoms with Crippen molar-refractivity contribution in [2.45, 2.75) is 31.8 Å². The van der Waals surface area contributed by atoms with Crippen LogP contribution < -0.4 is 5.32 Å². The van der Waals surface area contributed by atoms with Crippen LogP contribution in [0.1, 0.15) is 19.2 Å². The fraction of sp³-hybridized carbons (Fsp3) is 0.750. The van der Waals surface area contributed by atoms with Gasteiger partial charge < -0.3 is 14.8 Å². The molecule has 0 aliphatic carbocycles. The first-order valence-electron chi connectivity index (χ1n) is 6.06. The van der Waals surface area contributed by atoms with E-state index in [9.17, 15) is 0 Å². The van der Waals surface area contributed by atoms with Crippen LogP contribution in [-0.4, -0.2) is 46.7 Å². The molecule has 90 valence electrons. The van der Waals surface area contributed by atoms with Gasteiger partial charge in [-0.3, -0.25) is 0 Å². The molecule has 0 saturated carbocycles. The Balaban J connectivity index is 1.71. The van der Waals surface area contributed by atoms with E-state index in [1.807, 2.05) is 19.4 Å². The average molecular weight is 222 g/mol. The molecule has 0 radical (unpaired) electrons. The third-order valence-electron chi connectivity index (χ3n) is 3.59. The molecule has 1 aliphatic heterocycles. The van der Waals surface area contributed by atoms with Gasteiger partial charge in [0.1, 0.15) is 5.82 Å². The first-order valence-corrected chi connectivity index (χ1v) is 6.06. The lowest BCUT2D eigenvalue weighted by atomic mass is 10.2. The molecule has 16 heavy (non-hydrogen) atoms. The van der Waals surface area contributed by atoms with Gasteiger partial charge in [-0.2, -0.15) is 0 Å². The fourth-order valence-electron chi connectivity index (χ4n) is 2.37. The maximum absolute atomic E-state index is 4.32. The topological polar surface area (TPSA) is 33.1 Å². The number of aryl methyl sites for hydroxylation is 1. The third-order valence-corrected chi connectivity index (χ3v) is 3.59. The van der Waals surface area contributed by atoms with Crippen molar-refractivity contribution >= 4 is 0 Å². The average Bonchev–Trinajstić information content (AvgIpc) is 2.76. The number of aromatic nitrogens is 2. The van der Waals surface area contributed by atoms with Gasteiger partial charge in [0.05, 0.1) is 0 Å². The summed E-state index contributed by atoms with van der Waals surface area (Å²) in [5, 5.41) is 3.61. The molecule has 1 saturated heterocycles. The van der Waals surface area contributed by atoms with E-state index in [1.54, 1.807) is 0 Å². The van der Waals surface area contributed by atoms with Crippen LogP contribution in [0.25, 0.3) is 0 Å². The van der Waals surface area contributed by atoms with Gasteiger partial charge in [-0.1, -0.05) is 0 Å². The largest absolute Gasteiger partial charge is 0.338 e. The van der Waals surface area contributed by atoms with Crippen LogP contribution in [0.15, 0.2) is 12.4 Å². The van der Waals surface area contributed by atoms with E-state index in [1.165, 1.54) is 13.0 Å². The van der Waals surface area contributed by atoms with Gasteiger partial charge >= 0.3 is 0 Å². The minimum atomic E-state index is 0.653. The lowest BCUT2D eigenvalue weighted by molar-refractivity contribution is 0.327. The normalized spacial score (nSPS) is 26.4. The number of rotatable bonds is 4. The molecular formula is C12H22N4. The smallest absolute Gasteiger partial charge is 0.109 e. The van der Waals surface area contributed by atoms with Crippen LogP contribution >= 0.6 is 0 Å². The number of hydrogen-bond acceptors (Lipinski definition) is 3. The molecular weight excluding hydrogens is 200 g/mol. The van der Waals surface area contributed by atoms with E-state index < -0.39 is 0 Å². The molecule has 1 fully saturated rings. The lowest BCUT2D eigenvalue weighted by Crippen LogP contribution is -2.33. The zero-order valence-electron chi connectivity index (χ0n) is 10.5. The molecule has 1 aliphatic rings. The first-order chi connectivity index (χ1) is 7.66. The SMILES string of the molecule is CC1CC(NCCc2nccn2C)CN1C. The van der Waals surface area contributed by atoms with Gasteiger partial charge in [-0.15, -0.1) is 0 Å². The van der Waals surface area contributed by atoms with Crippen molar-refractivity contribution in [2.24, 2.45) is 7.05 Å². The number of imidazole rings is 1. The number of likely N-dealkylation sites (N-methyl/N-ethyl adjacent to an activating group) is 1. The molecule has 4 nitrogen and oxygen atoms in total. The van der Waals surface area contributed by atoms with E-state index in [0.717, 1.165) is 18.8 Å². The highest BCUT2D eigenvalue weighted by Gasteiger charge is 2.25. The van der Waals surface area contributed by atoms with Gasteiger partial charge in [0.15, 0.2) is 0 Å². The van der Waals surface area contributed by atoms with Crippen molar-refractivity contribution < 1.29 is 0 Å². The molecule has 4 heteroatoms. The van der Waals surface area contributed by atoms with Crippen molar-refractivity contribution in [3.8, 4) is 0 Å². The van der Waals surface area contributed by atoms with Gasteiger partial charge in [-0.05, 0) is 20.4 Å². The summed E-state index contributed by atoms with van der Waals surface area (Å²) in [5.74, 6) is 1.16. The fourth-order valence-corrected chi connectivity index (χ4v) is 2.37. The highest BCUT2D eigenvalue weighted by molar-refractivity contribution is 4.92. The standard InChI is InChI=1S/C12H22N4/c1-10-8-11(9-16(10)3)13-5-4-12-14-6-7-15(12)2/h6-7,10-11,13H,4-5,8-9H2,1-3H3. The van der Waals surface area contributed by atoms with Crippen molar-refractivity contribution in [1.82, 2.24) is 19.8 Å². The Bertz CT molecular complexity index is 324. The van der Waals surface area contributed by atoms with Crippen molar-refractivity contribution in [1.29, 1.82) is 0 Å². The van der Waals surface area contributed by atoms with E-state index in [2.05, 4.69) is 33.7 Å². The van der Waals surface area contributed by atoms with Gasteiger partial charge in [0.25, 0.3) is 0 Å². The predicted octanol–water partition coefficient (Wildman–Crippen LogP) is 0.645. The maximum atomic E-state index is 4.32. The molecule has 0 spiro atoms. The van der Waals surface area contributed by atoms with E-state index in [0.29, 0.717) is 12.1 Å². The molecule has 0 amide bonds. The summed E-state index contributed by atoms with van der Waals surface area (Å²) in [5.41, 5.74) is 0. The molecule has 1 aromatic rings. The van der Waals surface area contributed by atoms with Crippen molar-refractivity contribution in [3.05, 3.63) is 18.2 Å². The first kappa shape index (κ1) is 11.6. The maximum Gasteiger partial charge on any atom is 0.109 e. The Labute approximate surface area is 97.7 Å². The summed E-state index contributed by atoms with van der Waals surface area (Å²) in [6, 6.07) is 1.37. The Morgan fingerprint density at radius 1 is 1.50 bits per heavy atom. The molecule has 2 rings (SSSR count).